The molecule has 1 aromatic carbocycles. The lowest BCUT2D eigenvalue weighted by atomic mass is 10.1. The van der Waals surface area contributed by atoms with Crippen molar-refractivity contribution in [2.75, 3.05) is 12.3 Å². The summed E-state index contributed by atoms with van der Waals surface area (Å²) in [5.74, 6) is 1.18. The van der Waals surface area contributed by atoms with Gasteiger partial charge < -0.3 is 10.5 Å². The number of nitrogens with zero attached hydrogens (tertiary/aromatic N) is 2. The van der Waals surface area contributed by atoms with E-state index in [9.17, 15) is 0 Å². The van der Waals surface area contributed by atoms with Crippen LogP contribution < -0.4 is 10.5 Å². The van der Waals surface area contributed by atoms with Gasteiger partial charge in [0.05, 0.1) is 17.3 Å². The molecule has 0 saturated carbocycles. The molecule has 5 heteroatoms. The first-order chi connectivity index (χ1) is 8.11. The highest BCUT2D eigenvalue weighted by atomic mass is 35.5. The zero-order chi connectivity index (χ0) is 12.4. The van der Waals surface area contributed by atoms with E-state index in [1.165, 1.54) is 0 Å². The Morgan fingerprint density at radius 1 is 1.41 bits per heavy atom. The van der Waals surface area contributed by atoms with Crippen LogP contribution >= 0.6 is 11.6 Å². The number of ether oxygens (including phenoxy) is 1. The average molecular weight is 252 g/mol. The standard InChI is InChI=1S/C12H14ClN3O/c1-3-17-11-5-4-8(6-9(11)13)10-7-12(14)15-16(10)2/h4-7H,3H2,1-2H3,(H2,14,15). The van der Waals surface area contributed by atoms with E-state index in [2.05, 4.69) is 5.10 Å². The van der Waals surface area contributed by atoms with Crippen LogP contribution in [0.2, 0.25) is 5.02 Å². The second-order valence-corrected chi connectivity index (χ2v) is 4.06. The molecule has 0 saturated heterocycles. The number of hydrogen-bond donors (Lipinski definition) is 1. The second-order valence-electron chi connectivity index (χ2n) is 3.66. The average Bonchev–Trinajstić information content (AvgIpc) is 2.61. The zero-order valence-electron chi connectivity index (χ0n) is 9.77. The number of benzene rings is 1. The van der Waals surface area contributed by atoms with Gasteiger partial charge in [0, 0.05) is 18.7 Å². The van der Waals surface area contributed by atoms with Crippen molar-refractivity contribution in [2.24, 2.45) is 7.05 Å². The number of nitrogens with two attached hydrogens (primary N) is 1. The molecule has 0 fully saturated rings. The molecule has 90 valence electrons. The zero-order valence-corrected chi connectivity index (χ0v) is 10.5. The van der Waals surface area contributed by atoms with Crippen LogP contribution in [0, 0.1) is 0 Å². The smallest absolute Gasteiger partial charge is 0.146 e. The lowest BCUT2D eigenvalue weighted by Crippen LogP contribution is -1.96. The molecule has 0 atom stereocenters. The SMILES string of the molecule is CCOc1ccc(-c2cc(N)nn2C)cc1Cl. The molecule has 2 N–H and O–H groups in total. The van der Waals surface area contributed by atoms with E-state index >= 15 is 0 Å². The molecule has 0 unspecified atom stereocenters. The van der Waals surface area contributed by atoms with E-state index in [4.69, 9.17) is 22.1 Å². The topological polar surface area (TPSA) is 53.1 Å². The van der Waals surface area contributed by atoms with Crippen molar-refractivity contribution in [1.29, 1.82) is 0 Å². The third kappa shape index (κ3) is 2.36. The molecule has 2 rings (SSSR count). The van der Waals surface area contributed by atoms with Crippen molar-refractivity contribution in [3.63, 3.8) is 0 Å². The number of hydrogen-bond acceptors (Lipinski definition) is 3. The molecule has 4 nitrogen and oxygen atoms in total. The van der Waals surface area contributed by atoms with Gasteiger partial charge in [0.15, 0.2) is 0 Å². The van der Waals surface area contributed by atoms with Crippen LogP contribution in [0.5, 0.6) is 5.75 Å². The predicted octanol–water partition coefficient (Wildman–Crippen LogP) is 2.72. The highest BCUT2D eigenvalue weighted by Gasteiger charge is 2.08. The summed E-state index contributed by atoms with van der Waals surface area (Å²) in [5, 5.41) is 4.68. The number of aryl methyl sites for hydroxylation is 1. The molecule has 17 heavy (non-hydrogen) atoms. The second kappa shape index (κ2) is 4.67. The summed E-state index contributed by atoms with van der Waals surface area (Å²) in [7, 11) is 1.84. The third-order valence-electron chi connectivity index (χ3n) is 2.43. The summed E-state index contributed by atoms with van der Waals surface area (Å²) >= 11 is 6.13. The molecule has 0 amide bonds. The lowest BCUT2D eigenvalue weighted by Gasteiger charge is -2.07. The van der Waals surface area contributed by atoms with E-state index in [1.54, 1.807) is 4.68 Å². The lowest BCUT2D eigenvalue weighted by molar-refractivity contribution is 0.340. The Morgan fingerprint density at radius 3 is 2.71 bits per heavy atom. The fourth-order valence-electron chi connectivity index (χ4n) is 1.69. The maximum absolute atomic E-state index is 6.13. The van der Waals surface area contributed by atoms with Crippen molar-refractivity contribution in [3.8, 4) is 17.0 Å². The Hall–Kier alpha value is -1.68. The Labute approximate surface area is 105 Å². The number of nitrogen functional groups attached to an aromatic ring is 1. The normalized spacial score (nSPS) is 10.5. The van der Waals surface area contributed by atoms with Gasteiger partial charge in [-0.1, -0.05) is 11.6 Å². The molecule has 0 aliphatic rings. The first-order valence-electron chi connectivity index (χ1n) is 5.34. The van der Waals surface area contributed by atoms with Crippen molar-refractivity contribution < 1.29 is 4.74 Å². The number of halogens is 1. The molecule has 0 bridgehead atoms. The minimum atomic E-state index is 0.493. The van der Waals surface area contributed by atoms with E-state index in [0.29, 0.717) is 23.2 Å². The highest BCUT2D eigenvalue weighted by Crippen LogP contribution is 2.30. The van der Waals surface area contributed by atoms with Crippen molar-refractivity contribution in [3.05, 3.63) is 29.3 Å². The summed E-state index contributed by atoms with van der Waals surface area (Å²) in [6.07, 6.45) is 0. The Kier molecular flexibility index (Phi) is 3.24. The summed E-state index contributed by atoms with van der Waals surface area (Å²) in [6.45, 7) is 2.52. The van der Waals surface area contributed by atoms with Crippen molar-refractivity contribution >= 4 is 17.4 Å². The van der Waals surface area contributed by atoms with Crippen LogP contribution in [-0.4, -0.2) is 16.4 Å². The fourth-order valence-corrected chi connectivity index (χ4v) is 1.93. The van der Waals surface area contributed by atoms with Gasteiger partial charge in [0.25, 0.3) is 0 Å². The van der Waals surface area contributed by atoms with E-state index in [1.807, 2.05) is 38.2 Å². The fraction of sp³-hybridized carbons (Fsp3) is 0.250. The largest absolute Gasteiger partial charge is 0.492 e. The van der Waals surface area contributed by atoms with Crippen LogP contribution in [-0.2, 0) is 7.05 Å². The monoisotopic (exact) mass is 251 g/mol. The van der Waals surface area contributed by atoms with Crippen molar-refractivity contribution in [2.45, 2.75) is 6.92 Å². The quantitative estimate of drug-likeness (QED) is 0.913. The summed E-state index contributed by atoms with van der Waals surface area (Å²) in [5.41, 5.74) is 7.53. The van der Waals surface area contributed by atoms with Gasteiger partial charge in [-0.15, -0.1) is 0 Å². The molecular formula is C12H14ClN3O. The predicted molar refractivity (Wildman–Crippen MR) is 69.2 cm³/mol. The summed E-state index contributed by atoms with van der Waals surface area (Å²) < 4.78 is 7.11. The van der Waals surface area contributed by atoms with Gasteiger partial charge >= 0.3 is 0 Å². The molecule has 0 spiro atoms. The number of aromatic nitrogens is 2. The maximum Gasteiger partial charge on any atom is 0.146 e. The van der Waals surface area contributed by atoms with E-state index in [-0.39, 0.29) is 0 Å². The Balaban J connectivity index is 2.41. The molecule has 0 aliphatic heterocycles. The molecule has 2 aromatic rings. The van der Waals surface area contributed by atoms with E-state index in [0.717, 1.165) is 11.3 Å². The minimum Gasteiger partial charge on any atom is -0.492 e. The molecule has 0 aliphatic carbocycles. The van der Waals surface area contributed by atoms with Gasteiger partial charge in [-0.2, -0.15) is 5.10 Å². The summed E-state index contributed by atoms with van der Waals surface area (Å²) in [6, 6.07) is 7.45. The van der Waals surface area contributed by atoms with Crippen LogP contribution in [0.25, 0.3) is 11.3 Å². The van der Waals surface area contributed by atoms with Gasteiger partial charge in [0.2, 0.25) is 0 Å². The van der Waals surface area contributed by atoms with Gasteiger partial charge in [0.1, 0.15) is 11.6 Å². The van der Waals surface area contributed by atoms with Crippen LogP contribution in [0.1, 0.15) is 6.92 Å². The maximum atomic E-state index is 6.13. The summed E-state index contributed by atoms with van der Waals surface area (Å²) in [4.78, 5) is 0. The number of anilines is 1. The highest BCUT2D eigenvalue weighted by molar-refractivity contribution is 6.32. The van der Waals surface area contributed by atoms with Crippen LogP contribution in [0.3, 0.4) is 0 Å². The van der Waals surface area contributed by atoms with Crippen LogP contribution in [0.15, 0.2) is 24.3 Å². The Morgan fingerprint density at radius 2 is 2.18 bits per heavy atom. The first-order valence-corrected chi connectivity index (χ1v) is 5.72. The third-order valence-corrected chi connectivity index (χ3v) is 2.72. The van der Waals surface area contributed by atoms with E-state index < -0.39 is 0 Å². The first kappa shape index (κ1) is 11.8. The Bertz CT molecular complexity index is 537. The van der Waals surface area contributed by atoms with Crippen LogP contribution in [0.4, 0.5) is 5.82 Å². The molecular weight excluding hydrogens is 238 g/mol. The number of rotatable bonds is 3. The van der Waals surface area contributed by atoms with Crippen molar-refractivity contribution in [1.82, 2.24) is 9.78 Å². The van der Waals surface area contributed by atoms with Gasteiger partial charge in [-0.3, -0.25) is 4.68 Å². The van der Waals surface area contributed by atoms with Gasteiger partial charge in [-0.25, -0.2) is 0 Å². The van der Waals surface area contributed by atoms with Gasteiger partial charge in [-0.05, 0) is 25.1 Å². The molecule has 1 heterocycles. The minimum absolute atomic E-state index is 0.493. The molecule has 0 radical (unpaired) electrons. The molecule has 1 aromatic heterocycles.